The lowest BCUT2D eigenvalue weighted by molar-refractivity contribution is 0.113. The maximum atomic E-state index is 12.0. The molecule has 2 unspecified atom stereocenters. The van der Waals surface area contributed by atoms with Gasteiger partial charge in [0.15, 0.2) is 0 Å². The molecule has 0 aromatic rings. The average molecular weight is 253 g/mol. The molecule has 0 aliphatic carbocycles. The molecule has 1 aliphatic rings. The number of sulfonamides is 1. The van der Waals surface area contributed by atoms with Gasteiger partial charge in [0.1, 0.15) is 0 Å². The van der Waals surface area contributed by atoms with Crippen molar-refractivity contribution in [2.75, 3.05) is 25.6 Å². The van der Waals surface area contributed by atoms with Crippen LogP contribution >= 0.6 is 0 Å². The molecular weight excluding hydrogens is 233 g/mol. The summed E-state index contributed by atoms with van der Waals surface area (Å²) in [5, 5.41) is 9.24. The van der Waals surface area contributed by atoms with E-state index in [0.717, 1.165) is 12.8 Å². The van der Waals surface area contributed by atoms with E-state index in [1.807, 2.05) is 6.92 Å². The van der Waals surface area contributed by atoms with Crippen LogP contribution in [-0.4, -0.2) is 49.5 Å². The monoisotopic (exact) mass is 253 g/mol. The standard InChI is InChI=1S/C10H20FNO3S/c1-9-4-2-6-12(10(9)8-13)16(14,15)7-3-5-11/h9-10,13H,2-8H2,1H3. The second kappa shape index (κ2) is 5.93. The predicted octanol–water partition coefficient (Wildman–Crippen LogP) is 0.769. The van der Waals surface area contributed by atoms with Crippen LogP contribution in [0.1, 0.15) is 26.2 Å². The van der Waals surface area contributed by atoms with Gasteiger partial charge in [0.2, 0.25) is 10.0 Å². The average Bonchev–Trinajstić information content (AvgIpc) is 2.26. The van der Waals surface area contributed by atoms with Gasteiger partial charge in [-0.25, -0.2) is 8.42 Å². The lowest BCUT2D eigenvalue weighted by atomic mass is 9.93. The van der Waals surface area contributed by atoms with Crippen LogP contribution in [0.2, 0.25) is 0 Å². The first-order valence-electron chi connectivity index (χ1n) is 5.69. The molecule has 0 saturated carbocycles. The summed E-state index contributed by atoms with van der Waals surface area (Å²) in [5.74, 6) is 0.00565. The number of aliphatic hydroxyl groups is 1. The number of nitrogens with zero attached hydrogens (tertiary/aromatic N) is 1. The van der Waals surface area contributed by atoms with Gasteiger partial charge < -0.3 is 5.11 Å². The zero-order valence-electron chi connectivity index (χ0n) is 9.60. The van der Waals surface area contributed by atoms with Crippen LogP contribution in [0.3, 0.4) is 0 Å². The molecule has 6 heteroatoms. The molecule has 4 nitrogen and oxygen atoms in total. The molecule has 0 bridgehead atoms. The molecule has 1 fully saturated rings. The molecule has 0 amide bonds. The van der Waals surface area contributed by atoms with Crippen LogP contribution < -0.4 is 0 Å². The molecule has 1 heterocycles. The Balaban J connectivity index is 2.75. The zero-order chi connectivity index (χ0) is 12.2. The molecule has 1 aliphatic heterocycles. The van der Waals surface area contributed by atoms with Crippen LogP contribution in [0.25, 0.3) is 0 Å². The number of aliphatic hydroxyl groups excluding tert-OH is 1. The number of hydrogen-bond acceptors (Lipinski definition) is 3. The molecule has 0 radical (unpaired) electrons. The normalized spacial score (nSPS) is 28.2. The summed E-state index contributed by atoms with van der Waals surface area (Å²) < 4.78 is 37.2. The molecule has 16 heavy (non-hydrogen) atoms. The third kappa shape index (κ3) is 3.15. The summed E-state index contributed by atoms with van der Waals surface area (Å²) in [4.78, 5) is 0. The van der Waals surface area contributed by atoms with Gasteiger partial charge in [-0.15, -0.1) is 0 Å². The fourth-order valence-corrected chi connectivity index (χ4v) is 3.98. The minimum atomic E-state index is -3.41. The van der Waals surface area contributed by atoms with Crippen molar-refractivity contribution < 1.29 is 17.9 Å². The smallest absolute Gasteiger partial charge is 0.214 e. The molecule has 0 spiro atoms. The number of rotatable bonds is 5. The summed E-state index contributed by atoms with van der Waals surface area (Å²) in [6.07, 6.45) is 1.78. The van der Waals surface area contributed by atoms with E-state index in [-0.39, 0.29) is 30.7 Å². The summed E-state index contributed by atoms with van der Waals surface area (Å²) in [5.41, 5.74) is 0. The quantitative estimate of drug-likeness (QED) is 0.787. The van der Waals surface area contributed by atoms with Crippen molar-refractivity contribution >= 4 is 10.0 Å². The van der Waals surface area contributed by atoms with Crippen molar-refractivity contribution in [3.05, 3.63) is 0 Å². The second-order valence-electron chi connectivity index (χ2n) is 4.34. The highest BCUT2D eigenvalue weighted by atomic mass is 32.2. The van der Waals surface area contributed by atoms with Crippen molar-refractivity contribution in [2.24, 2.45) is 5.92 Å². The maximum absolute atomic E-state index is 12.0. The van der Waals surface area contributed by atoms with E-state index in [4.69, 9.17) is 0 Å². The van der Waals surface area contributed by atoms with Crippen molar-refractivity contribution in [1.82, 2.24) is 4.31 Å². The third-order valence-electron chi connectivity index (χ3n) is 3.14. The summed E-state index contributed by atoms with van der Waals surface area (Å²) in [7, 11) is -3.41. The van der Waals surface area contributed by atoms with Crippen molar-refractivity contribution in [1.29, 1.82) is 0 Å². The summed E-state index contributed by atoms with van der Waals surface area (Å²) in [6, 6.07) is -0.335. The highest BCUT2D eigenvalue weighted by Crippen LogP contribution is 2.25. The van der Waals surface area contributed by atoms with E-state index in [9.17, 15) is 17.9 Å². The maximum Gasteiger partial charge on any atom is 0.214 e. The third-order valence-corrected chi connectivity index (χ3v) is 5.12. The Hall–Kier alpha value is -0.200. The van der Waals surface area contributed by atoms with Gasteiger partial charge in [-0.3, -0.25) is 4.39 Å². The largest absolute Gasteiger partial charge is 0.395 e. The van der Waals surface area contributed by atoms with Crippen molar-refractivity contribution in [3.63, 3.8) is 0 Å². The first kappa shape index (κ1) is 13.9. The Morgan fingerprint density at radius 3 is 2.75 bits per heavy atom. The zero-order valence-corrected chi connectivity index (χ0v) is 10.4. The molecule has 1 saturated heterocycles. The van der Waals surface area contributed by atoms with Crippen molar-refractivity contribution in [3.8, 4) is 0 Å². The van der Waals surface area contributed by atoms with Crippen LogP contribution in [0.15, 0.2) is 0 Å². The summed E-state index contributed by atoms with van der Waals surface area (Å²) in [6.45, 7) is 1.62. The Labute approximate surface area is 96.5 Å². The fraction of sp³-hybridized carbons (Fsp3) is 1.00. The van der Waals surface area contributed by atoms with Gasteiger partial charge in [-0.2, -0.15) is 4.31 Å². The fourth-order valence-electron chi connectivity index (χ4n) is 2.18. The van der Waals surface area contributed by atoms with E-state index >= 15 is 0 Å². The second-order valence-corrected chi connectivity index (χ2v) is 6.38. The van der Waals surface area contributed by atoms with E-state index in [1.54, 1.807) is 0 Å². The van der Waals surface area contributed by atoms with Crippen LogP contribution in [0.4, 0.5) is 4.39 Å². The van der Waals surface area contributed by atoms with Crippen LogP contribution in [0, 0.1) is 5.92 Å². The molecule has 0 aromatic carbocycles. The Bertz CT molecular complexity index is 307. The van der Waals surface area contributed by atoms with E-state index in [1.165, 1.54) is 4.31 Å². The van der Waals surface area contributed by atoms with Crippen LogP contribution in [0.5, 0.6) is 0 Å². The lowest BCUT2D eigenvalue weighted by Crippen LogP contribution is -2.50. The van der Waals surface area contributed by atoms with E-state index < -0.39 is 16.7 Å². The molecule has 0 aromatic heterocycles. The van der Waals surface area contributed by atoms with Gasteiger partial charge in [0.25, 0.3) is 0 Å². The molecule has 1 N–H and O–H groups in total. The molecule has 96 valence electrons. The van der Waals surface area contributed by atoms with Gasteiger partial charge in [0.05, 0.1) is 25.1 Å². The molecule has 1 rings (SSSR count). The predicted molar refractivity (Wildman–Crippen MR) is 60.4 cm³/mol. The Kier molecular flexibility index (Phi) is 5.14. The SMILES string of the molecule is CC1CCCN(S(=O)(=O)CCCF)C1CO. The minimum absolute atomic E-state index is 0.0331. The molecule has 2 atom stereocenters. The number of halogens is 1. The first-order chi connectivity index (χ1) is 7.53. The molecular formula is C10H20FNO3S. The van der Waals surface area contributed by atoms with Gasteiger partial charge in [-0.05, 0) is 25.2 Å². The number of hydrogen-bond donors (Lipinski definition) is 1. The lowest BCUT2D eigenvalue weighted by Gasteiger charge is -2.37. The van der Waals surface area contributed by atoms with Gasteiger partial charge in [0, 0.05) is 6.54 Å². The highest BCUT2D eigenvalue weighted by molar-refractivity contribution is 7.89. The Morgan fingerprint density at radius 2 is 2.19 bits per heavy atom. The minimum Gasteiger partial charge on any atom is -0.395 e. The number of piperidine rings is 1. The van der Waals surface area contributed by atoms with Gasteiger partial charge >= 0.3 is 0 Å². The first-order valence-corrected chi connectivity index (χ1v) is 7.30. The van der Waals surface area contributed by atoms with Crippen LogP contribution in [-0.2, 0) is 10.0 Å². The highest BCUT2D eigenvalue weighted by Gasteiger charge is 2.35. The van der Waals surface area contributed by atoms with Gasteiger partial charge in [-0.1, -0.05) is 6.92 Å². The summed E-state index contributed by atoms with van der Waals surface area (Å²) >= 11 is 0. The van der Waals surface area contributed by atoms with E-state index in [0.29, 0.717) is 6.54 Å². The van der Waals surface area contributed by atoms with Crippen molar-refractivity contribution in [2.45, 2.75) is 32.2 Å². The number of alkyl halides is 1. The Morgan fingerprint density at radius 1 is 1.50 bits per heavy atom. The topological polar surface area (TPSA) is 57.6 Å². The van der Waals surface area contributed by atoms with E-state index in [2.05, 4.69) is 0 Å².